The van der Waals surface area contributed by atoms with Gasteiger partial charge in [0.2, 0.25) is 5.88 Å². The summed E-state index contributed by atoms with van der Waals surface area (Å²) in [7, 11) is -4.14. The van der Waals surface area contributed by atoms with E-state index in [1.54, 1.807) is 30.3 Å². The number of benzene rings is 3. The number of nitrogens with one attached hydrogen (secondary N) is 3. The fourth-order valence-electron chi connectivity index (χ4n) is 3.52. The number of aliphatic hydroxyl groups is 1. The van der Waals surface area contributed by atoms with Crippen molar-refractivity contribution in [2.45, 2.75) is 17.6 Å². The van der Waals surface area contributed by atoms with Gasteiger partial charge < -0.3 is 19.9 Å². The number of aromatic nitrogens is 2. The number of anilines is 1. The van der Waals surface area contributed by atoms with Crippen LogP contribution >= 0.6 is 0 Å². The van der Waals surface area contributed by atoms with Gasteiger partial charge in [0.1, 0.15) is 23.1 Å². The zero-order chi connectivity index (χ0) is 26.4. The van der Waals surface area contributed by atoms with Gasteiger partial charge in [0.05, 0.1) is 17.0 Å². The molecule has 9 nitrogen and oxygen atoms in total. The van der Waals surface area contributed by atoms with E-state index in [9.17, 15) is 26.7 Å². The number of hydrogen-bond acceptors (Lipinski definition) is 7. The zero-order valence-corrected chi connectivity index (χ0v) is 20.0. The lowest BCUT2D eigenvalue weighted by Gasteiger charge is -2.15. The van der Waals surface area contributed by atoms with Gasteiger partial charge in [-0.25, -0.2) is 12.8 Å². The average Bonchev–Trinajstić information content (AvgIpc) is 3.25. The second-order valence-corrected chi connectivity index (χ2v) is 9.50. The van der Waals surface area contributed by atoms with Crippen LogP contribution in [0.3, 0.4) is 0 Å². The molecule has 0 aliphatic heterocycles. The molecule has 1 atom stereocenters. The molecule has 1 heterocycles. The van der Waals surface area contributed by atoms with E-state index < -0.39 is 33.5 Å². The van der Waals surface area contributed by atoms with Gasteiger partial charge in [-0.1, -0.05) is 24.3 Å². The summed E-state index contributed by atoms with van der Waals surface area (Å²) in [5.74, 6) is -0.583. The fourth-order valence-corrected chi connectivity index (χ4v) is 4.65. The quantitative estimate of drug-likeness (QED) is 0.203. The smallest absolute Gasteiger partial charge is 0.388 e. The van der Waals surface area contributed by atoms with Crippen LogP contribution in [0.1, 0.15) is 11.7 Å². The molecule has 0 spiro atoms. The third-order valence-corrected chi connectivity index (χ3v) is 6.65. The number of aliphatic hydroxyl groups excluding tert-OH is 1. The average molecular weight is 537 g/mol. The highest BCUT2D eigenvalue weighted by molar-refractivity contribution is 7.92. The lowest BCUT2D eigenvalue weighted by Crippen LogP contribution is -2.26. The minimum atomic E-state index is -4.14. The Morgan fingerprint density at radius 2 is 1.86 bits per heavy atom. The van der Waals surface area contributed by atoms with E-state index >= 15 is 0 Å². The molecule has 13 heteroatoms. The van der Waals surface area contributed by atoms with Gasteiger partial charge in [-0.05, 0) is 42.0 Å². The topological polar surface area (TPSA) is 126 Å². The summed E-state index contributed by atoms with van der Waals surface area (Å²) >= 11 is 0. The van der Waals surface area contributed by atoms with Crippen molar-refractivity contribution in [3.05, 3.63) is 78.1 Å². The molecule has 0 bridgehead atoms. The van der Waals surface area contributed by atoms with Crippen molar-refractivity contribution >= 4 is 26.6 Å². The molecule has 0 fully saturated rings. The first-order chi connectivity index (χ1) is 17.7. The van der Waals surface area contributed by atoms with Crippen LogP contribution in [0.15, 0.2) is 71.6 Å². The summed E-state index contributed by atoms with van der Waals surface area (Å²) in [5.41, 5.74) is 1.11. The minimum absolute atomic E-state index is 0.154. The molecule has 1 unspecified atom stereocenters. The van der Waals surface area contributed by atoms with Gasteiger partial charge in [-0.15, -0.1) is 5.10 Å². The highest BCUT2D eigenvalue weighted by atomic mass is 32.2. The van der Waals surface area contributed by atoms with E-state index in [-0.39, 0.29) is 24.7 Å². The summed E-state index contributed by atoms with van der Waals surface area (Å²) in [5, 5.41) is 20.2. The van der Waals surface area contributed by atoms with Gasteiger partial charge in [0.15, 0.2) is 0 Å². The Morgan fingerprint density at radius 1 is 1.05 bits per heavy atom. The summed E-state index contributed by atoms with van der Waals surface area (Å²) in [6.07, 6.45) is -0.951. The van der Waals surface area contributed by atoms with Crippen molar-refractivity contribution in [3.8, 4) is 11.6 Å². The molecular formula is C24H23F3N4O5S. The third kappa shape index (κ3) is 6.70. The normalized spacial score (nSPS) is 12.6. The van der Waals surface area contributed by atoms with Crippen molar-refractivity contribution in [2.24, 2.45) is 0 Å². The van der Waals surface area contributed by atoms with Crippen LogP contribution in [0.2, 0.25) is 0 Å². The zero-order valence-electron chi connectivity index (χ0n) is 19.2. The van der Waals surface area contributed by atoms with Gasteiger partial charge in [-0.2, -0.15) is 8.78 Å². The van der Waals surface area contributed by atoms with E-state index in [0.717, 1.165) is 12.1 Å². The van der Waals surface area contributed by atoms with Gasteiger partial charge in [0.25, 0.3) is 10.0 Å². The molecule has 4 aromatic rings. The predicted octanol–water partition coefficient (Wildman–Crippen LogP) is 3.81. The second kappa shape index (κ2) is 11.5. The number of hydrogen-bond donors (Lipinski definition) is 4. The SMILES string of the molecule is O=S(=O)(Nc1cccc(C(O)CNCCOc2ccc3c(OC(F)F)n[nH]c3c2)c1)c1ccccc1F. The summed E-state index contributed by atoms with van der Waals surface area (Å²) in [6, 6.07) is 16.0. The van der Waals surface area contributed by atoms with Crippen molar-refractivity contribution in [3.63, 3.8) is 0 Å². The molecule has 0 radical (unpaired) electrons. The Bertz CT molecular complexity index is 1470. The number of H-pyrrole nitrogens is 1. The molecule has 0 saturated carbocycles. The molecule has 37 heavy (non-hydrogen) atoms. The first kappa shape index (κ1) is 26.3. The molecule has 196 valence electrons. The maximum atomic E-state index is 13.9. The number of nitrogens with zero attached hydrogens (tertiary/aromatic N) is 1. The lowest BCUT2D eigenvalue weighted by atomic mass is 10.1. The largest absolute Gasteiger partial charge is 0.492 e. The Morgan fingerprint density at radius 3 is 2.65 bits per heavy atom. The van der Waals surface area contributed by atoms with Crippen molar-refractivity contribution in [2.75, 3.05) is 24.4 Å². The summed E-state index contributed by atoms with van der Waals surface area (Å²) in [6.45, 7) is -2.21. The molecule has 0 saturated heterocycles. The van der Waals surface area contributed by atoms with E-state index in [2.05, 4.69) is 25.0 Å². The molecule has 4 rings (SSSR count). The highest BCUT2D eigenvalue weighted by Crippen LogP contribution is 2.27. The van der Waals surface area contributed by atoms with Crippen LogP contribution < -0.4 is 19.5 Å². The minimum Gasteiger partial charge on any atom is -0.492 e. The maximum Gasteiger partial charge on any atom is 0.388 e. The Labute approximate surface area is 210 Å². The Balaban J connectivity index is 1.26. The van der Waals surface area contributed by atoms with Crippen LogP contribution in [0, 0.1) is 5.82 Å². The number of rotatable bonds is 12. The number of sulfonamides is 1. The molecular weight excluding hydrogens is 513 g/mol. The van der Waals surface area contributed by atoms with E-state index in [1.807, 2.05) is 0 Å². The van der Waals surface area contributed by atoms with Gasteiger partial charge in [-0.3, -0.25) is 9.82 Å². The maximum absolute atomic E-state index is 13.9. The number of fused-ring (bicyclic) bond motifs is 1. The van der Waals surface area contributed by atoms with E-state index in [0.29, 0.717) is 28.8 Å². The highest BCUT2D eigenvalue weighted by Gasteiger charge is 2.19. The molecule has 4 N–H and O–H groups in total. The van der Waals surface area contributed by atoms with Crippen molar-refractivity contribution < 1.29 is 36.2 Å². The fraction of sp³-hybridized carbons (Fsp3) is 0.208. The molecule has 0 aliphatic rings. The van der Waals surface area contributed by atoms with Crippen LogP contribution in [0.25, 0.3) is 10.9 Å². The van der Waals surface area contributed by atoms with Crippen molar-refractivity contribution in [1.82, 2.24) is 15.5 Å². The first-order valence-electron chi connectivity index (χ1n) is 11.0. The molecule has 3 aromatic carbocycles. The van der Waals surface area contributed by atoms with Crippen LogP contribution in [-0.2, 0) is 10.0 Å². The monoisotopic (exact) mass is 536 g/mol. The third-order valence-electron chi connectivity index (χ3n) is 5.24. The van der Waals surface area contributed by atoms with Gasteiger partial charge in [0, 0.05) is 24.8 Å². The van der Waals surface area contributed by atoms with Crippen LogP contribution in [0.5, 0.6) is 11.6 Å². The number of halogens is 3. The Kier molecular flexibility index (Phi) is 8.16. The van der Waals surface area contributed by atoms with Crippen LogP contribution in [0.4, 0.5) is 18.9 Å². The number of aromatic amines is 1. The molecule has 0 aliphatic carbocycles. The van der Waals surface area contributed by atoms with E-state index in [4.69, 9.17) is 4.74 Å². The summed E-state index contributed by atoms with van der Waals surface area (Å²) < 4.78 is 76.0. The van der Waals surface area contributed by atoms with E-state index in [1.165, 1.54) is 24.3 Å². The lowest BCUT2D eigenvalue weighted by molar-refractivity contribution is -0.0518. The number of ether oxygens (including phenoxy) is 2. The molecule has 0 amide bonds. The first-order valence-corrected chi connectivity index (χ1v) is 12.5. The van der Waals surface area contributed by atoms with Gasteiger partial charge >= 0.3 is 6.61 Å². The standard InChI is InChI=1S/C24H23F3N4O5S/c25-19-6-1-2-7-22(19)37(33,34)31-16-5-3-4-15(12-16)21(32)14-28-10-11-35-17-8-9-18-20(13-17)29-30-23(18)36-24(26)27/h1-9,12-13,21,24,28,31-32H,10-11,14H2,(H,29,30). The Hall–Kier alpha value is -3.81. The van der Waals surface area contributed by atoms with Crippen LogP contribution in [-0.4, -0.2) is 50.0 Å². The second-order valence-electron chi connectivity index (χ2n) is 7.84. The molecule has 1 aromatic heterocycles. The summed E-state index contributed by atoms with van der Waals surface area (Å²) in [4.78, 5) is -0.476. The van der Waals surface area contributed by atoms with Crippen molar-refractivity contribution in [1.29, 1.82) is 0 Å². The predicted molar refractivity (Wildman–Crippen MR) is 130 cm³/mol. The number of alkyl halides is 2.